The van der Waals surface area contributed by atoms with Crippen molar-refractivity contribution in [2.75, 3.05) is 39.4 Å². The molecule has 1 atom stereocenters. The molecule has 10 heteroatoms. The zero-order valence-electron chi connectivity index (χ0n) is 17.7. The van der Waals surface area contributed by atoms with Crippen molar-refractivity contribution in [2.24, 2.45) is 11.7 Å². The van der Waals surface area contributed by atoms with Gasteiger partial charge in [-0.2, -0.15) is 4.98 Å². The summed E-state index contributed by atoms with van der Waals surface area (Å²) in [4.78, 5) is 21.4. The van der Waals surface area contributed by atoms with Crippen molar-refractivity contribution in [1.82, 2.24) is 19.9 Å². The number of carbonyl (C=O) groups excluding carboxylic acids is 1. The molecule has 0 bridgehead atoms. The third-order valence-corrected chi connectivity index (χ3v) is 5.88. The highest BCUT2D eigenvalue weighted by Crippen LogP contribution is 2.20. The van der Waals surface area contributed by atoms with Gasteiger partial charge in [0.15, 0.2) is 0 Å². The molecule has 172 valence electrons. The summed E-state index contributed by atoms with van der Waals surface area (Å²) in [7, 11) is 0. The highest BCUT2D eigenvalue weighted by Gasteiger charge is 2.31. The van der Waals surface area contributed by atoms with Gasteiger partial charge in [-0.25, -0.2) is 0 Å². The normalized spacial score (nSPS) is 18.7. The third-order valence-electron chi connectivity index (χ3n) is 5.88. The summed E-state index contributed by atoms with van der Waals surface area (Å²) in [5.74, 6) is 1.50. The summed E-state index contributed by atoms with van der Waals surface area (Å²) >= 11 is 0. The zero-order chi connectivity index (χ0) is 20.2. The number of aryl methyl sites for hydroxylation is 1. The highest BCUT2D eigenvalue weighted by atomic mass is 35.5. The Morgan fingerprint density at radius 1 is 1.13 bits per heavy atom. The van der Waals surface area contributed by atoms with Gasteiger partial charge in [0.2, 0.25) is 17.6 Å². The second-order valence-electron chi connectivity index (χ2n) is 7.95. The van der Waals surface area contributed by atoms with Crippen molar-refractivity contribution in [3.8, 4) is 11.4 Å². The average Bonchev–Trinajstić information content (AvgIpc) is 3.23. The molecule has 0 spiro atoms. The van der Waals surface area contributed by atoms with E-state index >= 15 is 0 Å². The van der Waals surface area contributed by atoms with E-state index in [2.05, 4.69) is 15.0 Å². The maximum atomic E-state index is 12.7. The van der Waals surface area contributed by atoms with Gasteiger partial charge in [-0.15, -0.1) is 24.8 Å². The van der Waals surface area contributed by atoms with Crippen LogP contribution in [0.1, 0.15) is 24.3 Å². The Morgan fingerprint density at radius 2 is 1.77 bits per heavy atom. The molecule has 2 fully saturated rings. The molecule has 2 aliphatic rings. The summed E-state index contributed by atoms with van der Waals surface area (Å²) in [6, 6.07) is 7.64. The van der Waals surface area contributed by atoms with Crippen molar-refractivity contribution in [3.05, 3.63) is 35.7 Å². The molecule has 1 unspecified atom stereocenters. The smallest absolute Gasteiger partial charge is 0.241 e. The summed E-state index contributed by atoms with van der Waals surface area (Å²) in [6.45, 7) is 6.94. The van der Waals surface area contributed by atoms with Crippen LogP contribution in [0.15, 0.2) is 28.8 Å². The number of ether oxygens (including phenoxy) is 1. The minimum Gasteiger partial charge on any atom is -0.381 e. The van der Waals surface area contributed by atoms with Crippen LogP contribution in [0.3, 0.4) is 0 Å². The molecule has 0 saturated carbocycles. The highest BCUT2D eigenvalue weighted by molar-refractivity contribution is 5.85. The van der Waals surface area contributed by atoms with Crippen molar-refractivity contribution in [1.29, 1.82) is 0 Å². The van der Waals surface area contributed by atoms with E-state index in [1.807, 2.05) is 36.1 Å². The van der Waals surface area contributed by atoms with E-state index in [1.165, 1.54) is 5.56 Å². The van der Waals surface area contributed by atoms with Crippen LogP contribution in [0.4, 0.5) is 0 Å². The fraction of sp³-hybridized carbons (Fsp3) is 0.571. The number of rotatable bonds is 5. The molecular formula is C21H31Cl2N5O3. The molecule has 2 saturated heterocycles. The van der Waals surface area contributed by atoms with Crippen molar-refractivity contribution < 1.29 is 14.1 Å². The zero-order valence-corrected chi connectivity index (χ0v) is 19.4. The van der Waals surface area contributed by atoms with Gasteiger partial charge in [-0.05, 0) is 25.7 Å². The first-order chi connectivity index (χ1) is 14.1. The maximum Gasteiger partial charge on any atom is 0.241 e. The first kappa shape index (κ1) is 25.5. The lowest BCUT2D eigenvalue weighted by molar-refractivity contribution is -0.136. The third kappa shape index (κ3) is 6.40. The van der Waals surface area contributed by atoms with E-state index < -0.39 is 6.04 Å². The molecule has 2 N–H and O–H groups in total. The second kappa shape index (κ2) is 11.8. The Kier molecular flexibility index (Phi) is 9.71. The van der Waals surface area contributed by atoms with Gasteiger partial charge in [0.05, 0.1) is 12.6 Å². The molecule has 1 aromatic heterocycles. The van der Waals surface area contributed by atoms with Gasteiger partial charge in [0.1, 0.15) is 0 Å². The van der Waals surface area contributed by atoms with Gasteiger partial charge >= 0.3 is 0 Å². The van der Waals surface area contributed by atoms with E-state index in [0.29, 0.717) is 44.6 Å². The van der Waals surface area contributed by atoms with Crippen LogP contribution < -0.4 is 5.73 Å². The van der Waals surface area contributed by atoms with Crippen LogP contribution in [-0.2, 0) is 16.1 Å². The lowest BCUT2D eigenvalue weighted by atomic mass is 9.91. The van der Waals surface area contributed by atoms with Gasteiger partial charge in [-0.3, -0.25) is 9.69 Å². The number of benzene rings is 1. The van der Waals surface area contributed by atoms with Gasteiger partial charge < -0.3 is 19.9 Å². The summed E-state index contributed by atoms with van der Waals surface area (Å²) < 4.78 is 10.8. The fourth-order valence-corrected chi connectivity index (χ4v) is 3.94. The van der Waals surface area contributed by atoms with Crippen LogP contribution in [0.5, 0.6) is 0 Å². The first-order valence-electron chi connectivity index (χ1n) is 10.3. The minimum absolute atomic E-state index is 0. The van der Waals surface area contributed by atoms with Gasteiger partial charge in [0.25, 0.3) is 0 Å². The van der Waals surface area contributed by atoms with Crippen LogP contribution in [0.2, 0.25) is 0 Å². The van der Waals surface area contributed by atoms with Crippen LogP contribution in [0.25, 0.3) is 11.4 Å². The second-order valence-corrected chi connectivity index (χ2v) is 7.95. The number of halogens is 2. The van der Waals surface area contributed by atoms with Crippen molar-refractivity contribution in [3.63, 3.8) is 0 Å². The Morgan fingerprint density at radius 3 is 2.42 bits per heavy atom. The Labute approximate surface area is 195 Å². The fourth-order valence-electron chi connectivity index (χ4n) is 3.94. The number of hydrogen-bond acceptors (Lipinski definition) is 7. The Bertz CT molecular complexity index is 819. The van der Waals surface area contributed by atoms with Crippen LogP contribution in [0, 0.1) is 12.8 Å². The Hall–Kier alpha value is -1.71. The van der Waals surface area contributed by atoms with Crippen LogP contribution in [-0.4, -0.2) is 71.3 Å². The van der Waals surface area contributed by atoms with E-state index in [4.69, 9.17) is 15.0 Å². The lowest BCUT2D eigenvalue weighted by Crippen LogP contribution is -2.55. The predicted octanol–water partition coefficient (Wildman–Crippen LogP) is 2.29. The first-order valence-corrected chi connectivity index (χ1v) is 10.3. The van der Waals surface area contributed by atoms with Gasteiger partial charge in [0, 0.05) is 45.0 Å². The van der Waals surface area contributed by atoms with E-state index in [1.54, 1.807) is 0 Å². The van der Waals surface area contributed by atoms with E-state index in [0.717, 1.165) is 31.5 Å². The number of nitrogens with two attached hydrogens (primary N) is 1. The molecule has 1 aromatic carbocycles. The van der Waals surface area contributed by atoms with Crippen molar-refractivity contribution in [2.45, 2.75) is 32.4 Å². The molecule has 0 aliphatic carbocycles. The molecule has 8 nitrogen and oxygen atoms in total. The minimum atomic E-state index is -0.418. The standard InChI is InChI=1S/C21H29N5O3.2ClH/c1-15-2-4-17(5-3-15)20-23-18(29-24-20)14-25-8-10-26(11-9-25)21(27)19(22)16-6-12-28-13-7-16;;/h2-5,16,19H,6-14,22H2,1H3;2*1H. The van der Waals surface area contributed by atoms with E-state index in [-0.39, 0.29) is 36.6 Å². The molecule has 31 heavy (non-hydrogen) atoms. The predicted molar refractivity (Wildman–Crippen MR) is 122 cm³/mol. The molecule has 0 radical (unpaired) electrons. The molecular weight excluding hydrogens is 441 g/mol. The molecule has 2 aromatic rings. The largest absolute Gasteiger partial charge is 0.381 e. The van der Waals surface area contributed by atoms with Crippen molar-refractivity contribution >= 4 is 30.7 Å². The number of amides is 1. The average molecular weight is 472 g/mol. The lowest BCUT2D eigenvalue weighted by Gasteiger charge is -2.37. The van der Waals surface area contributed by atoms with E-state index in [9.17, 15) is 4.79 Å². The molecule has 4 rings (SSSR count). The number of aromatic nitrogens is 2. The SMILES string of the molecule is Cc1ccc(-c2noc(CN3CCN(C(=O)C(N)C4CCOCC4)CC3)n2)cc1.Cl.Cl. The summed E-state index contributed by atoms with van der Waals surface area (Å²) in [6.07, 6.45) is 1.74. The summed E-state index contributed by atoms with van der Waals surface area (Å²) in [5.41, 5.74) is 8.40. The summed E-state index contributed by atoms with van der Waals surface area (Å²) in [5, 5.41) is 4.10. The number of carbonyl (C=O) groups is 1. The number of nitrogens with zero attached hydrogens (tertiary/aromatic N) is 4. The number of hydrogen-bond donors (Lipinski definition) is 1. The Balaban J connectivity index is 0.00000171. The quantitative estimate of drug-likeness (QED) is 0.713. The molecule has 3 heterocycles. The molecule has 2 aliphatic heterocycles. The maximum absolute atomic E-state index is 12.7. The number of piperazine rings is 1. The van der Waals surface area contributed by atoms with Gasteiger partial charge in [-0.1, -0.05) is 35.0 Å². The molecule has 1 amide bonds. The van der Waals surface area contributed by atoms with Crippen LogP contribution >= 0.6 is 24.8 Å². The topological polar surface area (TPSA) is 97.7 Å². The monoisotopic (exact) mass is 471 g/mol.